The monoisotopic (exact) mass is 171 g/mol. The minimum atomic E-state index is -0.833. The predicted octanol–water partition coefficient (Wildman–Crippen LogP) is 2.60. The third kappa shape index (κ3) is 3.09. The third-order valence-electron chi connectivity index (χ3n) is 1.08. The van der Waals surface area contributed by atoms with Crippen LogP contribution >= 0.6 is 0 Å². The average molecular weight is 171 g/mol. The van der Waals surface area contributed by atoms with Crippen molar-refractivity contribution in [3.63, 3.8) is 0 Å². The molecule has 0 aliphatic rings. The highest BCUT2D eigenvalue weighted by atomic mass is 19.1. The summed E-state index contributed by atoms with van der Waals surface area (Å²) in [6.45, 7) is 3.18. The maximum absolute atomic E-state index is 12.8. The van der Waals surface area contributed by atoms with Gasteiger partial charge in [-0.25, -0.2) is 0 Å². The van der Waals surface area contributed by atoms with Crippen LogP contribution in [0.4, 0.5) is 4.39 Å². The van der Waals surface area contributed by atoms with Gasteiger partial charge in [-0.1, -0.05) is 12.2 Å². The van der Waals surface area contributed by atoms with E-state index in [-0.39, 0.29) is 0 Å². The van der Waals surface area contributed by atoms with Crippen LogP contribution in [-0.2, 0) is 0 Å². The first-order chi connectivity index (χ1) is 5.63. The molecular formula is C8H10FNO2. The molecule has 0 aromatic heterocycles. The molecular weight excluding hydrogens is 161 g/mol. The zero-order valence-corrected chi connectivity index (χ0v) is 6.95. The number of allylic oxidation sites excluding steroid dienone is 5. The summed E-state index contributed by atoms with van der Waals surface area (Å²) in [6.07, 6.45) is 5.00. The van der Waals surface area contributed by atoms with Crippen LogP contribution in [0.5, 0.6) is 0 Å². The highest BCUT2D eigenvalue weighted by molar-refractivity contribution is 5.22. The third-order valence-corrected chi connectivity index (χ3v) is 1.08. The highest BCUT2D eigenvalue weighted by Gasteiger charge is 2.11. The fourth-order valence-electron chi connectivity index (χ4n) is 0.617. The van der Waals surface area contributed by atoms with E-state index in [9.17, 15) is 14.5 Å². The van der Waals surface area contributed by atoms with Crippen LogP contribution in [-0.4, -0.2) is 4.92 Å². The standard InChI is InChI=1S/C8H10FNO2/c1-3-5-7(9)8(6-4-2)10(11)12/h3-6H,1-2H3/b5-3-,6-4-,8-7-. The summed E-state index contributed by atoms with van der Waals surface area (Å²) in [5, 5.41) is 10.2. The average Bonchev–Trinajstić information content (AvgIpc) is 1.99. The SMILES string of the molecule is C\C=C/C(F)=C(\C=C/C)[N+](=O)[O-]. The Balaban J connectivity index is 4.93. The van der Waals surface area contributed by atoms with E-state index in [1.54, 1.807) is 13.8 Å². The molecule has 0 aromatic rings. The van der Waals surface area contributed by atoms with Crippen molar-refractivity contribution < 1.29 is 9.31 Å². The molecule has 0 aliphatic carbocycles. The Bertz CT molecular complexity index is 254. The first-order valence-corrected chi connectivity index (χ1v) is 3.43. The zero-order chi connectivity index (χ0) is 9.56. The summed E-state index contributed by atoms with van der Waals surface area (Å²) in [6, 6.07) is 0. The van der Waals surface area contributed by atoms with E-state index in [2.05, 4.69) is 0 Å². The second kappa shape index (κ2) is 5.23. The minimum Gasteiger partial charge on any atom is -0.258 e. The molecule has 0 aliphatic heterocycles. The van der Waals surface area contributed by atoms with Crippen LogP contribution in [0.25, 0.3) is 0 Å². The summed E-state index contributed by atoms with van der Waals surface area (Å²) in [5.41, 5.74) is -0.518. The van der Waals surface area contributed by atoms with Gasteiger partial charge in [0.25, 0.3) is 0 Å². The summed E-state index contributed by atoms with van der Waals surface area (Å²) in [5.74, 6) is -0.833. The van der Waals surface area contributed by atoms with Crippen molar-refractivity contribution in [3.05, 3.63) is 45.9 Å². The molecule has 12 heavy (non-hydrogen) atoms. The van der Waals surface area contributed by atoms with Gasteiger partial charge in [-0.05, 0) is 19.9 Å². The number of hydrogen-bond donors (Lipinski definition) is 0. The maximum Gasteiger partial charge on any atom is 0.304 e. The topological polar surface area (TPSA) is 43.1 Å². The smallest absolute Gasteiger partial charge is 0.258 e. The lowest BCUT2D eigenvalue weighted by molar-refractivity contribution is -0.421. The molecule has 0 saturated heterocycles. The molecule has 66 valence electrons. The molecule has 0 heterocycles. The Kier molecular flexibility index (Phi) is 4.60. The number of rotatable bonds is 3. The van der Waals surface area contributed by atoms with Gasteiger partial charge in [0.2, 0.25) is 0 Å². The van der Waals surface area contributed by atoms with Crippen molar-refractivity contribution >= 4 is 0 Å². The number of halogens is 1. The van der Waals surface area contributed by atoms with Crippen LogP contribution in [0.1, 0.15) is 13.8 Å². The van der Waals surface area contributed by atoms with Gasteiger partial charge in [-0.15, -0.1) is 0 Å². The molecule has 0 rings (SSSR count). The molecule has 4 heteroatoms. The Morgan fingerprint density at radius 2 is 1.83 bits per heavy atom. The van der Waals surface area contributed by atoms with E-state index in [0.29, 0.717) is 0 Å². The van der Waals surface area contributed by atoms with Crippen molar-refractivity contribution in [2.24, 2.45) is 0 Å². The van der Waals surface area contributed by atoms with Gasteiger partial charge in [-0.3, -0.25) is 10.1 Å². The van der Waals surface area contributed by atoms with Crippen molar-refractivity contribution in [3.8, 4) is 0 Å². The van der Waals surface area contributed by atoms with Gasteiger partial charge in [0, 0.05) is 6.08 Å². The minimum absolute atomic E-state index is 0.518. The molecule has 3 nitrogen and oxygen atoms in total. The van der Waals surface area contributed by atoms with Crippen molar-refractivity contribution in [2.45, 2.75) is 13.8 Å². The molecule has 0 spiro atoms. The second-order valence-corrected chi connectivity index (χ2v) is 1.99. The van der Waals surface area contributed by atoms with Gasteiger partial charge in [0.15, 0.2) is 5.83 Å². The van der Waals surface area contributed by atoms with Crippen LogP contribution < -0.4 is 0 Å². The Labute approximate surface area is 70.0 Å². The quantitative estimate of drug-likeness (QED) is 0.372. The zero-order valence-electron chi connectivity index (χ0n) is 6.95. The van der Waals surface area contributed by atoms with Crippen molar-refractivity contribution in [1.82, 2.24) is 0 Å². The lowest BCUT2D eigenvalue weighted by Gasteiger charge is -1.90. The Morgan fingerprint density at radius 1 is 1.33 bits per heavy atom. The van der Waals surface area contributed by atoms with E-state index in [1.165, 1.54) is 12.2 Å². The van der Waals surface area contributed by atoms with Crippen molar-refractivity contribution in [1.29, 1.82) is 0 Å². The molecule has 0 atom stereocenters. The summed E-state index contributed by atoms with van der Waals surface area (Å²) in [4.78, 5) is 9.47. The molecule has 0 aromatic carbocycles. The van der Waals surface area contributed by atoms with Crippen LogP contribution in [0, 0.1) is 10.1 Å². The van der Waals surface area contributed by atoms with E-state index >= 15 is 0 Å². The number of hydrogen-bond acceptors (Lipinski definition) is 2. The summed E-state index contributed by atoms with van der Waals surface area (Å²) in [7, 11) is 0. The molecule has 0 bridgehead atoms. The molecule has 0 N–H and O–H groups in total. The number of nitro groups is 1. The Morgan fingerprint density at radius 3 is 2.17 bits per heavy atom. The lowest BCUT2D eigenvalue weighted by atomic mass is 10.3. The molecule has 0 saturated carbocycles. The largest absolute Gasteiger partial charge is 0.304 e. The fraction of sp³-hybridized carbons (Fsp3) is 0.250. The van der Waals surface area contributed by atoms with Gasteiger partial charge < -0.3 is 0 Å². The predicted molar refractivity (Wildman–Crippen MR) is 44.8 cm³/mol. The van der Waals surface area contributed by atoms with Gasteiger partial charge >= 0.3 is 5.70 Å². The maximum atomic E-state index is 12.8. The lowest BCUT2D eigenvalue weighted by Crippen LogP contribution is -1.97. The van der Waals surface area contributed by atoms with Gasteiger partial charge in [0.05, 0.1) is 4.92 Å². The van der Waals surface area contributed by atoms with E-state index in [4.69, 9.17) is 0 Å². The summed E-state index contributed by atoms with van der Waals surface area (Å²) < 4.78 is 12.8. The highest BCUT2D eigenvalue weighted by Crippen LogP contribution is 2.09. The van der Waals surface area contributed by atoms with E-state index < -0.39 is 16.4 Å². The Hall–Kier alpha value is -1.45. The second-order valence-electron chi connectivity index (χ2n) is 1.99. The van der Waals surface area contributed by atoms with Crippen LogP contribution in [0.2, 0.25) is 0 Å². The van der Waals surface area contributed by atoms with E-state index in [0.717, 1.165) is 12.2 Å². The fourth-order valence-corrected chi connectivity index (χ4v) is 0.617. The number of nitrogens with zero attached hydrogens (tertiary/aromatic N) is 1. The molecule has 0 fully saturated rings. The van der Waals surface area contributed by atoms with E-state index in [1.807, 2.05) is 0 Å². The molecule has 0 unspecified atom stereocenters. The first kappa shape index (κ1) is 10.6. The first-order valence-electron chi connectivity index (χ1n) is 3.43. The molecule has 0 radical (unpaired) electrons. The summed E-state index contributed by atoms with van der Waals surface area (Å²) >= 11 is 0. The van der Waals surface area contributed by atoms with Gasteiger partial charge in [-0.2, -0.15) is 4.39 Å². The van der Waals surface area contributed by atoms with Crippen molar-refractivity contribution in [2.75, 3.05) is 0 Å². The van der Waals surface area contributed by atoms with Crippen LogP contribution in [0.15, 0.2) is 35.8 Å². The normalized spacial score (nSPS) is 13.9. The van der Waals surface area contributed by atoms with Crippen LogP contribution in [0.3, 0.4) is 0 Å². The van der Waals surface area contributed by atoms with Gasteiger partial charge in [0.1, 0.15) is 0 Å². The molecule has 0 amide bonds.